The van der Waals surface area contributed by atoms with Crippen molar-refractivity contribution < 1.29 is 9.47 Å². The van der Waals surface area contributed by atoms with Gasteiger partial charge < -0.3 is 9.47 Å². The van der Waals surface area contributed by atoms with Crippen LogP contribution in [0.4, 0.5) is 0 Å². The molecule has 164 valence electrons. The molecular formula is C29H26N2O2. The molecule has 0 aliphatic carbocycles. The summed E-state index contributed by atoms with van der Waals surface area (Å²) < 4.78 is 12.7. The molecule has 4 aromatic carbocycles. The monoisotopic (exact) mass is 434 g/mol. The van der Waals surface area contributed by atoms with E-state index in [4.69, 9.17) is 14.6 Å². The van der Waals surface area contributed by atoms with Crippen molar-refractivity contribution in [2.45, 2.75) is 32.0 Å². The lowest BCUT2D eigenvalue weighted by Gasteiger charge is -2.38. The number of hydrazone groups is 1. The second-order valence-corrected chi connectivity index (χ2v) is 8.57. The van der Waals surface area contributed by atoms with Crippen molar-refractivity contribution in [3.63, 3.8) is 0 Å². The van der Waals surface area contributed by atoms with Crippen LogP contribution in [-0.4, -0.2) is 17.3 Å². The van der Waals surface area contributed by atoms with Gasteiger partial charge in [0.25, 0.3) is 0 Å². The average molecular weight is 435 g/mol. The van der Waals surface area contributed by atoms with Gasteiger partial charge in [-0.05, 0) is 35.4 Å². The van der Waals surface area contributed by atoms with Crippen LogP contribution in [-0.2, 0) is 0 Å². The van der Waals surface area contributed by atoms with E-state index in [1.807, 2.05) is 24.3 Å². The molecule has 6 rings (SSSR count). The van der Waals surface area contributed by atoms with Gasteiger partial charge in [-0.25, -0.2) is 5.01 Å². The van der Waals surface area contributed by atoms with Crippen LogP contribution in [0.2, 0.25) is 0 Å². The summed E-state index contributed by atoms with van der Waals surface area (Å²) in [4.78, 5) is 0. The summed E-state index contributed by atoms with van der Waals surface area (Å²) in [7, 11) is 0. The molecule has 0 N–H and O–H groups in total. The lowest BCUT2D eigenvalue weighted by atomic mass is 9.93. The number of hydrogen-bond acceptors (Lipinski definition) is 4. The van der Waals surface area contributed by atoms with Crippen molar-refractivity contribution in [3.05, 3.63) is 108 Å². The maximum Gasteiger partial charge on any atom is 0.217 e. The summed E-state index contributed by atoms with van der Waals surface area (Å²) in [5.41, 5.74) is 4.47. The molecule has 0 fully saturated rings. The fourth-order valence-corrected chi connectivity index (χ4v) is 4.91. The predicted octanol–water partition coefficient (Wildman–Crippen LogP) is 6.87. The van der Waals surface area contributed by atoms with Gasteiger partial charge in [-0.15, -0.1) is 0 Å². The topological polar surface area (TPSA) is 34.1 Å². The van der Waals surface area contributed by atoms with Gasteiger partial charge >= 0.3 is 0 Å². The van der Waals surface area contributed by atoms with Gasteiger partial charge in [0.05, 0.1) is 23.9 Å². The van der Waals surface area contributed by atoms with Crippen molar-refractivity contribution in [1.29, 1.82) is 0 Å². The second kappa shape index (κ2) is 8.28. The SMILES string of the molecule is CCCOc1ccccc1[C@@H]1Oc2ccccc2[C@H]2CC(c3cccc4ccccc34)=NN21. The standard InChI is InChI=1S/C29H26N2O2/c1-2-18-32-27-16-7-6-14-24(27)29-31-26(23-13-5-8-17-28(23)33-29)19-25(30-31)22-15-9-11-20-10-3-4-12-21(20)22/h3-17,26,29H,2,18-19H2,1H3/t26-,29+/m1/s1. The van der Waals surface area contributed by atoms with Gasteiger partial charge in [0.1, 0.15) is 11.5 Å². The molecule has 2 aliphatic heterocycles. The zero-order chi connectivity index (χ0) is 22.2. The predicted molar refractivity (Wildman–Crippen MR) is 132 cm³/mol. The number of fused-ring (bicyclic) bond motifs is 4. The minimum absolute atomic E-state index is 0.119. The van der Waals surface area contributed by atoms with E-state index in [1.165, 1.54) is 21.9 Å². The van der Waals surface area contributed by atoms with E-state index in [-0.39, 0.29) is 12.3 Å². The van der Waals surface area contributed by atoms with Crippen molar-refractivity contribution in [1.82, 2.24) is 5.01 Å². The Morgan fingerprint density at radius 2 is 1.64 bits per heavy atom. The Hall–Kier alpha value is -3.79. The molecule has 0 amide bonds. The third kappa shape index (κ3) is 3.43. The third-order valence-electron chi connectivity index (χ3n) is 6.45. The van der Waals surface area contributed by atoms with Gasteiger partial charge in [0, 0.05) is 17.5 Å². The van der Waals surface area contributed by atoms with E-state index in [0.29, 0.717) is 6.61 Å². The highest BCUT2D eigenvalue weighted by atomic mass is 16.5. The zero-order valence-electron chi connectivity index (χ0n) is 18.6. The Bertz CT molecular complexity index is 1340. The van der Waals surface area contributed by atoms with Crippen molar-refractivity contribution in [3.8, 4) is 11.5 Å². The summed E-state index contributed by atoms with van der Waals surface area (Å²) in [6.07, 6.45) is 1.45. The molecule has 0 aromatic heterocycles. The summed E-state index contributed by atoms with van der Waals surface area (Å²) in [6.45, 7) is 2.79. The van der Waals surface area contributed by atoms with Crippen LogP contribution < -0.4 is 9.47 Å². The quantitative estimate of drug-likeness (QED) is 0.344. The normalized spacial score (nSPS) is 18.9. The average Bonchev–Trinajstić information content (AvgIpc) is 3.32. The number of benzene rings is 4. The lowest BCUT2D eigenvalue weighted by Crippen LogP contribution is -2.34. The van der Waals surface area contributed by atoms with E-state index < -0.39 is 0 Å². The molecule has 0 radical (unpaired) electrons. The Morgan fingerprint density at radius 3 is 2.55 bits per heavy atom. The fourth-order valence-electron chi connectivity index (χ4n) is 4.91. The van der Waals surface area contributed by atoms with Crippen LogP contribution >= 0.6 is 0 Å². The van der Waals surface area contributed by atoms with Crippen LogP contribution in [0.15, 0.2) is 96.1 Å². The Morgan fingerprint density at radius 1 is 0.879 bits per heavy atom. The molecule has 2 atom stereocenters. The van der Waals surface area contributed by atoms with Gasteiger partial charge in [0.2, 0.25) is 6.23 Å². The summed E-state index contributed by atoms with van der Waals surface area (Å²) in [6, 6.07) is 31.6. The first kappa shape index (κ1) is 19.9. The lowest BCUT2D eigenvalue weighted by molar-refractivity contribution is -0.0206. The number of rotatable bonds is 5. The Labute approximate surface area is 194 Å². The molecule has 4 heteroatoms. The molecule has 4 nitrogen and oxygen atoms in total. The highest BCUT2D eigenvalue weighted by Gasteiger charge is 2.42. The van der Waals surface area contributed by atoms with Crippen LogP contribution in [0.1, 0.15) is 48.7 Å². The summed E-state index contributed by atoms with van der Waals surface area (Å²) in [5, 5.41) is 9.77. The van der Waals surface area contributed by atoms with E-state index >= 15 is 0 Å². The number of ether oxygens (including phenoxy) is 2. The van der Waals surface area contributed by atoms with Crippen molar-refractivity contribution in [2.75, 3.05) is 6.61 Å². The first-order chi connectivity index (χ1) is 16.3. The maximum absolute atomic E-state index is 6.56. The van der Waals surface area contributed by atoms with Crippen LogP contribution in [0, 0.1) is 0 Å². The zero-order valence-corrected chi connectivity index (χ0v) is 18.6. The number of nitrogens with zero attached hydrogens (tertiary/aromatic N) is 2. The molecule has 33 heavy (non-hydrogen) atoms. The molecule has 0 saturated heterocycles. The van der Waals surface area contributed by atoms with Gasteiger partial charge in [-0.2, -0.15) is 5.10 Å². The highest BCUT2D eigenvalue weighted by Crippen LogP contribution is 2.49. The van der Waals surface area contributed by atoms with Crippen LogP contribution in [0.5, 0.6) is 11.5 Å². The maximum atomic E-state index is 6.56. The first-order valence-electron chi connectivity index (χ1n) is 11.6. The molecule has 2 heterocycles. The minimum atomic E-state index is -0.342. The first-order valence-corrected chi connectivity index (χ1v) is 11.6. The van der Waals surface area contributed by atoms with Crippen molar-refractivity contribution >= 4 is 16.5 Å². The molecule has 0 spiro atoms. The van der Waals surface area contributed by atoms with Crippen molar-refractivity contribution in [2.24, 2.45) is 5.10 Å². The molecular weight excluding hydrogens is 408 g/mol. The molecule has 2 aliphatic rings. The molecule has 0 unspecified atom stereocenters. The smallest absolute Gasteiger partial charge is 0.217 e. The minimum Gasteiger partial charge on any atom is -0.493 e. The van der Waals surface area contributed by atoms with Gasteiger partial charge in [-0.3, -0.25) is 0 Å². The molecule has 4 aromatic rings. The van der Waals surface area contributed by atoms with Crippen LogP contribution in [0.3, 0.4) is 0 Å². The van der Waals surface area contributed by atoms with Gasteiger partial charge in [0.15, 0.2) is 0 Å². The third-order valence-corrected chi connectivity index (χ3v) is 6.45. The largest absolute Gasteiger partial charge is 0.493 e. The summed E-state index contributed by atoms with van der Waals surface area (Å²) in [5.74, 6) is 1.78. The molecule has 0 saturated carbocycles. The van der Waals surface area contributed by atoms with E-state index in [2.05, 4.69) is 78.7 Å². The van der Waals surface area contributed by atoms with Crippen LogP contribution in [0.25, 0.3) is 10.8 Å². The van der Waals surface area contributed by atoms with E-state index in [1.54, 1.807) is 0 Å². The summed E-state index contributed by atoms with van der Waals surface area (Å²) >= 11 is 0. The number of para-hydroxylation sites is 2. The second-order valence-electron chi connectivity index (χ2n) is 8.57. The van der Waals surface area contributed by atoms with E-state index in [9.17, 15) is 0 Å². The molecule has 0 bridgehead atoms. The van der Waals surface area contributed by atoms with E-state index in [0.717, 1.165) is 35.6 Å². The number of hydrogen-bond donors (Lipinski definition) is 0. The Balaban J connectivity index is 1.47. The Kier molecular flexibility index (Phi) is 4.99. The highest BCUT2D eigenvalue weighted by molar-refractivity contribution is 6.11. The van der Waals surface area contributed by atoms with Gasteiger partial charge in [-0.1, -0.05) is 79.7 Å². The fraction of sp³-hybridized carbons (Fsp3) is 0.207.